The molecule has 0 bridgehead atoms. The number of hydrogen-bond acceptors (Lipinski definition) is 6. The second kappa shape index (κ2) is 8.46. The average molecular weight is 414 g/mol. The number of nitrogens with one attached hydrogen (secondary N) is 1. The van der Waals surface area contributed by atoms with Gasteiger partial charge in [0.1, 0.15) is 4.38 Å². The maximum Gasteiger partial charge on any atom is 0.237 e. The number of anilines is 1. The molecule has 1 amide bonds. The van der Waals surface area contributed by atoms with Gasteiger partial charge in [-0.05, 0) is 36.8 Å². The predicted molar refractivity (Wildman–Crippen MR) is 119 cm³/mol. The Morgan fingerprint density at radius 3 is 2.78 bits per heavy atom. The van der Waals surface area contributed by atoms with Crippen molar-refractivity contribution in [1.82, 2.24) is 4.98 Å². The standard InChI is InChI=1S/C20H19N3OS3/c1-13(26-20-21-10-11-25-20)19(24)22-15-8-6-14(7-9-15)12-18-23-16-4-2-3-5-17(16)27-18/h2-9,13H,10-12H2,1H3,(H,22,24)/t13-/m1/s1. The number of aliphatic imine (C=N–C) groups is 1. The summed E-state index contributed by atoms with van der Waals surface area (Å²) in [6.07, 6.45) is 0.802. The number of amides is 1. The van der Waals surface area contributed by atoms with Crippen LogP contribution in [-0.4, -0.2) is 32.8 Å². The molecule has 0 spiro atoms. The topological polar surface area (TPSA) is 54.4 Å². The summed E-state index contributed by atoms with van der Waals surface area (Å²) in [6, 6.07) is 16.2. The van der Waals surface area contributed by atoms with Crippen molar-refractivity contribution in [3.63, 3.8) is 0 Å². The van der Waals surface area contributed by atoms with Gasteiger partial charge in [0, 0.05) is 17.9 Å². The van der Waals surface area contributed by atoms with Crippen molar-refractivity contribution in [2.75, 3.05) is 17.6 Å². The number of carbonyl (C=O) groups excluding carboxylic acids is 1. The molecular weight excluding hydrogens is 394 g/mol. The SMILES string of the molecule is C[C@@H](SC1=NCCS1)C(=O)Nc1ccc(Cc2nc3ccccc3s2)cc1. The lowest BCUT2D eigenvalue weighted by atomic mass is 10.1. The van der Waals surface area contributed by atoms with Crippen LogP contribution >= 0.6 is 34.9 Å². The number of hydrogen-bond donors (Lipinski definition) is 1. The van der Waals surface area contributed by atoms with E-state index in [1.807, 2.05) is 37.3 Å². The first-order valence-corrected chi connectivity index (χ1v) is 11.4. The number of thiazole rings is 1. The number of rotatable bonds is 5. The van der Waals surface area contributed by atoms with E-state index in [9.17, 15) is 4.79 Å². The van der Waals surface area contributed by atoms with Crippen LogP contribution in [0.25, 0.3) is 10.2 Å². The van der Waals surface area contributed by atoms with Crippen LogP contribution in [0.3, 0.4) is 0 Å². The van der Waals surface area contributed by atoms with E-state index in [-0.39, 0.29) is 11.2 Å². The fourth-order valence-corrected chi connectivity index (χ4v) is 5.84. The maximum atomic E-state index is 12.4. The lowest BCUT2D eigenvalue weighted by molar-refractivity contribution is -0.115. The lowest BCUT2D eigenvalue weighted by Gasteiger charge is -2.11. The Hall–Kier alpha value is -1.83. The van der Waals surface area contributed by atoms with Gasteiger partial charge in [0.15, 0.2) is 0 Å². The van der Waals surface area contributed by atoms with Gasteiger partial charge >= 0.3 is 0 Å². The molecule has 2 aromatic carbocycles. The van der Waals surface area contributed by atoms with E-state index in [1.54, 1.807) is 23.1 Å². The molecule has 1 aliphatic heterocycles. The van der Waals surface area contributed by atoms with Crippen LogP contribution < -0.4 is 5.32 Å². The van der Waals surface area contributed by atoms with E-state index in [1.165, 1.54) is 22.0 Å². The quantitative estimate of drug-likeness (QED) is 0.636. The van der Waals surface area contributed by atoms with Gasteiger partial charge in [0.2, 0.25) is 5.91 Å². The molecule has 4 nitrogen and oxygen atoms in total. The lowest BCUT2D eigenvalue weighted by Crippen LogP contribution is -2.23. The van der Waals surface area contributed by atoms with Gasteiger partial charge in [-0.2, -0.15) is 0 Å². The van der Waals surface area contributed by atoms with Gasteiger partial charge in [0.05, 0.1) is 27.0 Å². The number of aromatic nitrogens is 1. The van der Waals surface area contributed by atoms with E-state index < -0.39 is 0 Å². The third-order valence-corrected chi connectivity index (χ3v) is 7.46. The minimum absolute atomic E-state index is 0.00845. The molecule has 3 aromatic rings. The van der Waals surface area contributed by atoms with Gasteiger partial charge in [-0.1, -0.05) is 47.8 Å². The van der Waals surface area contributed by atoms with Gasteiger partial charge in [0.25, 0.3) is 0 Å². The highest BCUT2D eigenvalue weighted by Gasteiger charge is 2.18. The predicted octanol–water partition coefficient (Wildman–Crippen LogP) is 5.05. The molecule has 0 aliphatic carbocycles. The van der Waals surface area contributed by atoms with E-state index in [2.05, 4.69) is 33.5 Å². The average Bonchev–Trinajstić information content (AvgIpc) is 3.32. The second-order valence-electron chi connectivity index (χ2n) is 6.19. The monoisotopic (exact) mass is 413 g/mol. The smallest absolute Gasteiger partial charge is 0.237 e. The zero-order chi connectivity index (χ0) is 18.6. The molecule has 4 rings (SSSR count). The first-order chi connectivity index (χ1) is 13.2. The molecule has 2 heterocycles. The molecule has 1 aromatic heterocycles. The summed E-state index contributed by atoms with van der Waals surface area (Å²) in [5.41, 5.74) is 3.06. The van der Waals surface area contributed by atoms with Crippen LogP contribution in [0.5, 0.6) is 0 Å². The van der Waals surface area contributed by atoms with Crippen LogP contribution in [0, 0.1) is 0 Å². The summed E-state index contributed by atoms with van der Waals surface area (Å²) >= 11 is 4.99. The first-order valence-electron chi connectivity index (χ1n) is 8.75. The summed E-state index contributed by atoms with van der Waals surface area (Å²) < 4.78 is 2.23. The Labute approximate surface area is 170 Å². The number of benzene rings is 2. The fourth-order valence-electron chi connectivity index (χ4n) is 2.71. The van der Waals surface area contributed by atoms with E-state index >= 15 is 0 Å². The van der Waals surface area contributed by atoms with Gasteiger partial charge < -0.3 is 5.32 Å². The molecule has 1 N–H and O–H groups in total. The zero-order valence-electron chi connectivity index (χ0n) is 14.8. The van der Waals surface area contributed by atoms with Gasteiger partial charge in [-0.3, -0.25) is 9.79 Å². The highest BCUT2D eigenvalue weighted by Crippen LogP contribution is 2.27. The Morgan fingerprint density at radius 2 is 2.04 bits per heavy atom. The van der Waals surface area contributed by atoms with Crippen LogP contribution in [0.2, 0.25) is 0 Å². The highest BCUT2D eigenvalue weighted by atomic mass is 32.2. The normalized spacial score (nSPS) is 14.9. The van der Waals surface area contributed by atoms with Gasteiger partial charge in [-0.15, -0.1) is 11.3 Å². The Balaban J connectivity index is 1.36. The van der Waals surface area contributed by atoms with Crippen LogP contribution in [0.1, 0.15) is 17.5 Å². The highest BCUT2D eigenvalue weighted by molar-refractivity contribution is 8.39. The Morgan fingerprint density at radius 1 is 1.22 bits per heavy atom. The van der Waals surface area contributed by atoms with E-state index in [0.717, 1.165) is 39.3 Å². The Kier molecular flexibility index (Phi) is 5.80. The third-order valence-electron chi connectivity index (χ3n) is 4.12. The van der Waals surface area contributed by atoms with Crippen molar-refractivity contribution in [1.29, 1.82) is 0 Å². The molecule has 0 saturated heterocycles. The number of fused-ring (bicyclic) bond motifs is 1. The first kappa shape index (κ1) is 18.5. The molecule has 27 heavy (non-hydrogen) atoms. The Bertz CT molecular complexity index is 949. The summed E-state index contributed by atoms with van der Waals surface area (Å²) in [7, 11) is 0. The number of carbonyl (C=O) groups is 1. The molecule has 1 aliphatic rings. The maximum absolute atomic E-state index is 12.4. The van der Waals surface area contributed by atoms with E-state index in [4.69, 9.17) is 0 Å². The van der Waals surface area contributed by atoms with Crippen LogP contribution in [0.15, 0.2) is 53.5 Å². The summed E-state index contributed by atoms with van der Waals surface area (Å²) in [5.74, 6) is 1.03. The minimum Gasteiger partial charge on any atom is -0.325 e. The number of para-hydroxylation sites is 1. The molecular formula is C20H19N3OS3. The van der Waals surface area contributed by atoms with Crippen molar-refractivity contribution >= 4 is 61.0 Å². The molecule has 7 heteroatoms. The van der Waals surface area contributed by atoms with Crippen molar-refractivity contribution in [3.05, 3.63) is 59.1 Å². The molecule has 0 unspecified atom stereocenters. The number of nitrogens with zero attached hydrogens (tertiary/aromatic N) is 2. The van der Waals surface area contributed by atoms with Crippen molar-refractivity contribution in [2.45, 2.75) is 18.6 Å². The third kappa shape index (κ3) is 4.72. The fraction of sp³-hybridized carbons (Fsp3) is 0.250. The minimum atomic E-state index is -0.156. The molecule has 0 saturated carbocycles. The van der Waals surface area contributed by atoms with Crippen molar-refractivity contribution in [3.8, 4) is 0 Å². The number of thioether (sulfide) groups is 2. The summed E-state index contributed by atoms with van der Waals surface area (Å²) in [5, 5.41) is 3.94. The molecule has 1 atom stereocenters. The summed E-state index contributed by atoms with van der Waals surface area (Å²) in [6.45, 7) is 2.78. The largest absolute Gasteiger partial charge is 0.325 e. The van der Waals surface area contributed by atoms with Crippen molar-refractivity contribution in [2.24, 2.45) is 4.99 Å². The summed E-state index contributed by atoms with van der Waals surface area (Å²) in [4.78, 5) is 21.4. The zero-order valence-corrected chi connectivity index (χ0v) is 17.3. The molecule has 138 valence electrons. The van der Waals surface area contributed by atoms with Crippen molar-refractivity contribution < 1.29 is 4.79 Å². The molecule has 0 radical (unpaired) electrons. The van der Waals surface area contributed by atoms with E-state index in [0.29, 0.717) is 0 Å². The van der Waals surface area contributed by atoms with Gasteiger partial charge in [-0.25, -0.2) is 4.98 Å². The molecule has 0 fully saturated rings. The van der Waals surface area contributed by atoms with Crippen LogP contribution in [0.4, 0.5) is 5.69 Å². The second-order valence-corrected chi connectivity index (χ2v) is 9.98. The van der Waals surface area contributed by atoms with Crippen LogP contribution in [-0.2, 0) is 11.2 Å².